The van der Waals surface area contributed by atoms with Gasteiger partial charge in [0.1, 0.15) is 12.0 Å². The first-order valence-corrected chi connectivity index (χ1v) is 12.4. The second-order valence-corrected chi connectivity index (χ2v) is 10.0. The van der Waals surface area contributed by atoms with Crippen LogP contribution in [0.2, 0.25) is 0 Å². The Hall–Kier alpha value is -3.49. The lowest BCUT2D eigenvalue weighted by atomic mass is 9.69. The van der Waals surface area contributed by atoms with Gasteiger partial charge in [-0.25, -0.2) is 4.79 Å². The van der Waals surface area contributed by atoms with Crippen molar-refractivity contribution in [2.45, 2.75) is 71.3 Å². The molecule has 0 spiro atoms. The maximum atomic E-state index is 13.8. The van der Waals surface area contributed by atoms with Crippen molar-refractivity contribution in [1.82, 2.24) is 5.32 Å². The van der Waals surface area contributed by atoms with E-state index in [1.54, 1.807) is 26.0 Å². The summed E-state index contributed by atoms with van der Waals surface area (Å²) in [6.45, 7) is 5.19. The second-order valence-electron chi connectivity index (χ2n) is 10.0. The number of nitrogens with zero attached hydrogens (tertiary/aromatic N) is 1. The Bertz CT molecular complexity index is 1180. The van der Waals surface area contributed by atoms with Crippen molar-refractivity contribution in [3.05, 3.63) is 62.0 Å². The van der Waals surface area contributed by atoms with Crippen LogP contribution in [0.5, 0.6) is 0 Å². The summed E-state index contributed by atoms with van der Waals surface area (Å²) in [4.78, 5) is 51.2. The maximum absolute atomic E-state index is 13.8. The fourth-order valence-electron chi connectivity index (χ4n) is 5.68. The van der Waals surface area contributed by atoms with Crippen molar-refractivity contribution in [1.29, 1.82) is 0 Å². The number of nitro groups is 1. The number of carbonyl (C=O) groups excluding carboxylic acids is 3. The zero-order valence-corrected chi connectivity index (χ0v) is 21.1. The highest BCUT2D eigenvalue weighted by Crippen LogP contribution is 2.46. The molecule has 9 heteroatoms. The summed E-state index contributed by atoms with van der Waals surface area (Å²) in [6, 6.07) is 4.72. The minimum Gasteiger partial charge on any atom is -0.468 e. The monoisotopic (exact) mass is 496 g/mol. The number of ether oxygens (including phenoxy) is 2. The summed E-state index contributed by atoms with van der Waals surface area (Å²) in [7, 11) is 1.24. The summed E-state index contributed by atoms with van der Waals surface area (Å²) in [5.74, 6) is -3.85. The lowest BCUT2D eigenvalue weighted by Gasteiger charge is -2.38. The predicted molar refractivity (Wildman–Crippen MR) is 131 cm³/mol. The summed E-state index contributed by atoms with van der Waals surface area (Å²) in [6.07, 6.45) is 4.81. The Labute approximate surface area is 210 Å². The van der Waals surface area contributed by atoms with Gasteiger partial charge in [0, 0.05) is 34.5 Å². The molecule has 1 aliphatic heterocycles. The topological polar surface area (TPSA) is 125 Å². The SMILES string of the molecule is COC(=O)[C@H]1C(=O)C2=C(C[C@@H]1C)NC(C)=C(C(=O)OC1CCCCC1)[C@@H]2c1ccc(C)c([N+](=O)[O-])c1. The van der Waals surface area contributed by atoms with Crippen LogP contribution in [0.4, 0.5) is 5.69 Å². The van der Waals surface area contributed by atoms with Gasteiger partial charge in [-0.1, -0.05) is 25.5 Å². The van der Waals surface area contributed by atoms with Gasteiger partial charge in [-0.2, -0.15) is 0 Å². The molecule has 36 heavy (non-hydrogen) atoms. The van der Waals surface area contributed by atoms with E-state index < -0.39 is 34.5 Å². The van der Waals surface area contributed by atoms with Gasteiger partial charge in [0.25, 0.3) is 5.69 Å². The molecular formula is C27H32N2O7. The van der Waals surface area contributed by atoms with Crippen LogP contribution >= 0.6 is 0 Å². The highest BCUT2D eigenvalue weighted by molar-refractivity contribution is 6.12. The molecule has 1 heterocycles. The molecule has 0 bridgehead atoms. The highest BCUT2D eigenvalue weighted by atomic mass is 16.6. The van der Waals surface area contributed by atoms with Crippen molar-refractivity contribution in [3.63, 3.8) is 0 Å². The van der Waals surface area contributed by atoms with Crippen LogP contribution in [0.15, 0.2) is 40.7 Å². The molecule has 9 nitrogen and oxygen atoms in total. The molecule has 1 aromatic rings. The third-order valence-electron chi connectivity index (χ3n) is 7.55. The van der Waals surface area contributed by atoms with Crippen LogP contribution in [0.1, 0.15) is 69.4 Å². The maximum Gasteiger partial charge on any atom is 0.337 e. The molecule has 0 saturated heterocycles. The van der Waals surface area contributed by atoms with Gasteiger partial charge in [0.15, 0.2) is 5.78 Å². The fraction of sp³-hybridized carbons (Fsp3) is 0.519. The number of methoxy groups -OCH3 is 1. The summed E-state index contributed by atoms with van der Waals surface area (Å²) >= 11 is 0. The molecular weight excluding hydrogens is 464 g/mol. The minimum atomic E-state index is -1.02. The largest absolute Gasteiger partial charge is 0.468 e. The second kappa shape index (κ2) is 10.2. The number of rotatable bonds is 5. The van der Waals surface area contributed by atoms with E-state index in [-0.39, 0.29) is 28.9 Å². The zero-order chi connectivity index (χ0) is 26.1. The van der Waals surface area contributed by atoms with Gasteiger partial charge in [0.2, 0.25) is 0 Å². The molecule has 1 aromatic carbocycles. The molecule has 3 atom stereocenters. The van der Waals surface area contributed by atoms with Gasteiger partial charge in [-0.05, 0) is 57.4 Å². The van der Waals surface area contributed by atoms with Gasteiger partial charge in [-0.15, -0.1) is 0 Å². The summed E-state index contributed by atoms with van der Waals surface area (Å²) in [5.41, 5.74) is 2.46. The van der Waals surface area contributed by atoms with Gasteiger partial charge in [0.05, 0.1) is 17.6 Å². The van der Waals surface area contributed by atoms with Gasteiger partial charge < -0.3 is 14.8 Å². The number of dihydropyridines is 1. The predicted octanol–water partition coefficient (Wildman–Crippen LogP) is 4.39. The van der Waals surface area contributed by atoms with Crippen molar-refractivity contribution in [2.24, 2.45) is 11.8 Å². The van der Waals surface area contributed by atoms with E-state index in [4.69, 9.17) is 9.47 Å². The van der Waals surface area contributed by atoms with Crippen molar-refractivity contribution in [2.75, 3.05) is 7.11 Å². The van der Waals surface area contributed by atoms with E-state index in [2.05, 4.69) is 5.32 Å². The van der Waals surface area contributed by atoms with Gasteiger partial charge in [-0.3, -0.25) is 19.7 Å². The number of Topliss-reactive ketones (excluding diaryl/α,β-unsaturated/α-hetero) is 1. The number of ketones is 1. The lowest BCUT2D eigenvalue weighted by Crippen LogP contribution is -2.43. The smallest absolute Gasteiger partial charge is 0.337 e. The van der Waals surface area contributed by atoms with E-state index in [1.165, 1.54) is 13.2 Å². The number of carbonyl (C=O) groups is 3. The Morgan fingerprint density at radius 1 is 1.14 bits per heavy atom. The van der Waals surface area contributed by atoms with Crippen LogP contribution in [0, 0.1) is 28.9 Å². The standard InChI is InChI=1S/C27H32N2O7/c1-14-10-11-17(13-20(14)29(33)34)23-22(27(32)36-18-8-6-5-7-9-18)16(3)28-19-12-15(2)21(26(31)35-4)25(30)24(19)23/h10-11,13,15,18,21,23,28H,5-9,12H2,1-4H3/t15-,21+,23-/m0/s1. The number of nitro benzene ring substituents is 1. The molecule has 0 radical (unpaired) electrons. The van der Waals surface area contributed by atoms with E-state index in [9.17, 15) is 24.5 Å². The number of nitrogens with one attached hydrogen (secondary N) is 1. The first-order chi connectivity index (χ1) is 17.1. The van der Waals surface area contributed by atoms with Crippen molar-refractivity contribution >= 4 is 23.4 Å². The first-order valence-electron chi connectivity index (χ1n) is 12.4. The first kappa shape index (κ1) is 25.6. The van der Waals surface area contributed by atoms with Gasteiger partial charge >= 0.3 is 11.9 Å². The number of hydrogen-bond acceptors (Lipinski definition) is 8. The molecule has 192 valence electrons. The van der Waals surface area contributed by atoms with Crippen molar-refractivity contribution < 1.29 is 28.8 Å². The third-order valence-corrected chi connectivity index (χ3v) is 7.55. The average molecular weight is 497 g/mol. The molecule has 0 amide bonds. The fourth-order valence-corrected chi connectivity index (χ4v) is 5.68. The van der Waals surface area contributed by atoms with Crippen LogP contribution in [-0.4, -0.2) is 35.9 Å². The Balaban J connectivity index is 1.84. The molecule has 1 N–H and O–H groups in total. The van der Waals surface area contributed by atoms with Crippen LogP contribution in [0.3, 0.4) is 0 Å². The van der Waals surface area contributed by atoms with Crippen LogP contribution < -0.4 is 5.32 Å². The Morgan fingerprint density at radius 3 is 2.47 bits per heavy atom. The number of allylic oxidation sites excluding steroid dienone is 3. The number of hydrogen-bond donors (Lipinski definition) is 1. The molecule has 0 unspecified atom stereocenters. The Morgan fingerprint density at radius 2 is 1.83 bits per heavy atom. The minimum absolute atomic E-state index is 0.105. The number of aryl methyl sites for hydroxylation is 1. The van der Waals surface area contributed by atoms with E-state index in [1.807, 2.05) is 6.92 Å². The van der Waals surface area contributed by atoms with Crippen LogP contribution in [0.25, 0.3) is 0 Å². The van der Waals surface area contributed by atoms with E-state index in [0.29, 0.717) is 28.9 Å². The molecule has 3 aliphatic rings. The Kier molecular flexibility index (Phi) is 7.28. The third kappa shape index (κ3) is 4.66. The average Bonchev–Trinajstić information content (AvgIpc) is 2.83. The molecule has 2 aliphatic carbocycles. The number of benzene rings is 1. The molecule has 1 fully saturated rings. The molecule has 0 aromatic heterocycles. The van der Waals surface area contributed by atoms with E-state index >= 15 is 0 Å². The molecule has 1 saturated carbocycles. The quantitative estimate of drug-likeness (QED) is 0.275. The van der Waals surface area contributed by atoms with Crippen LogP contribution in [-0.2, 0) is 23.9 Å². The van der Waals surface area contributed by atoms with Crippen molar-refractivity contribution in [3.8, 4) is 0 Å². The lowest BCUT2D eigenvalue weighted by molar-refractivity contribution is -0.385. The zero-order valence-electron chi connectivity index (χ0n) is 21.1. The van der Waals surface area contributed by atoms with E-state index in [0.717, 1.165) is 32.1 Å². The molecule has 4 rings (SSSR count). The normalized spacial score (nSPS) is 24.7. The highest BCUT2D eigenvalue weighted by Gasteiger charge is 2.47. The summed E-state index contributed by atoms with van der Waals surface area (Å²) in [5, 5.41) is 14.9. The number of esters is 2. The summed E-state index contributed by atoms with van der Waals surface area (Å²) < 4.78 is 10.8.